The minimum Gasteiger partial charge on any atom is -0.462 e. The van der Waals surface area contributed by atoms with Gasteiger partial charge in [-0.25, -0.2) is 18.0 Å². The number of esters is 2. The Balaban J connectivity index is 1.74. The smallest absolute Gasteiger partial charge is 0.348 e. The molecule has 1 fully saturated rings. The van der Waals surface area contributed by atoms with E-state index in [1.54, 1.807) is 6.92 Å². The van der Waals surface area contributed by atoms with Gasteiger partial charge in [0, 0.05) is 18.7 Å². The first-order valence-corrected chi connectivity index (χ1v) is 11.8. The molecule has 0 unspecified atom stereocenters. The van der Waals surface area contributed by atoms with Crippen LogP contribution in [-0.2, 0) is 26.1 Å². The van der Waals surface area contributed by atoms with E-state index in [9.17, 15) is 23.3 Å². The van der Waals surface area contributed by atoms with Gasteiger partial charge in [0.15, 0.2) is 0 Å². The molecule has 0 amide bonds. The van der Waals surface area contributed by atoms with Crippen molar-refractivity contribution in [1.82, 2.24) is 4.31 Å². The second-order valence-electron chi connectivity index (χ2n) is 6.69. The van der Waals surface area contributed by atoms with E-state index in [2.05, 4.69) is 0 Å². The number of ether oxygens (including phenoxy) is 2. The maximum Gasteiger partial charge on any atom is 0.348 e. The van der Waals surface area contributed by atoms with Gasteiger partial charge in [0.25, 0.3) is 0 Å². The molecule has 11 heteroatoms. The molecule has 1 aromatic carbocycles. The van der Waals surface area contributed by atoms with Crippen LogP contribution in [0, 0.1) is 11.3 Å². The molecule has 0 saturated carbocycles. The summed E-state index contributed by atoms with van der Waals surface area (Å²) in [6, 6.07) is 7.36. The largest absolute Gasteiger partial charge is 0.462 e. The van der Waals surface area contributed by atoms with Gasteiger partial charge in [-0.3, -0.25) is 0 Å². The third-order valence-electron chi connectivity index (χ3n) is 4.75. The number of nitrogens with two attached hydrogens (primary N) is 1. The number of carbonyl (C=O) groups is 2. The van der Waals surface area contributed by atoms with Crippen molar-refractivity contribution in [3.05, 3.63) is 45.8 Å². The van der Waals surface area contributed by atoms with Crippen molar-refractivity contribution < 1.29 is 27.5 Å². The summed E-state index contributed by atoms with van der Waals surface area (Å²) in [7, 11) is -3.58. The SMILES string of the molecule is CCOC(=O)c1sc(N)c(C#N)c1COC(=O)c1ccc(S(=O)(=O)N2CCCC2)cc1. The Morgan fingerprint density at radius 1 is 1.16 bits per heavy atom. The highest BCUT2D eigenvalue weighted by Crippen LogP contribution is 2.32. The standard InChI is InChI=1S/C20H21N3O6S2/c1-2-28-20(25)17-16(15(11-21)18(22)30-17)12-29-19(24)13-5-7-14(8-6-13)31(26,27)23-9-3-4-10-23/h5-8H,2-4,9-10,12,22H2,1H3. The summed E-state index contributed by atoms with van der Waals surface area (Å²) in [5, 5.41) is 9.46. The van der Waals surface area contributed by atoms with Crippen molar-refractivity contribution in [2.75, 3.05) is 25.4 Å². The van der Waals surface area contributed by atoms with Gasteiger partial charge in [-0.1, -0.05) is 0 Å². The second kappa shape index (κ2) is 9.47. The normalized spacial score (nSPS) is 14.2. The van der Waals surface area contributed by atoms with E-state index in [0.29, 0.717) is 13.1 Å². The molecule has 1 aliphatic rings. The summed E-state index contributed by atoms with van der Waals surface area (Å²) in [6.45, 7) is 2.41. The molecular formula is C20H21N3O6S2. The minimum atomic E-state index is -3.58. The lowest BCUT2D eigenvalue weighted by molar-refractivity contribution is 0.0452. The summed E-state index contributed by atoms with van der Waals surface area (Å²) in [6.07, 6.45) is 1.66. The molecule has 0 bridgehead atoms. The lowest BCUT2D eigenvalue weighted by Gasteiger charge is -2.15. The van der Waals surface area contributed by atoms with Crippen LogP contribution in [0.1, 0.15) is 50.9 Å². The molecule has 164 valence electrons. The van der Waals surface area contributed by atoms with E-state index >= 15 is 0 Å². The van der Waals surface area contributed by atoms with Crippen molar-refractivity contribution in [3.8, 4) is 6.07 Å². The third kappa shape index (κ3) is 4.71. The number of benzene rings is 1. The zero-order valence-corrected chi connectivity index (χ0v) is 18.4. The average molecular weight is 464 g/mol. The highest BCUT2D eigenvalue weighted by atomic mass is 32.2. The van der Waals surface area contributed by atoms with Crippen molar-refractivity contribution in [2.24, 2.45) is 0 Å². The van der Waals surface area contributed by atoms with Gasteiger partial charge in [0.1, 0.15) is 22.6 Å². The number of sulfonamides is 1. The first-order chi connectivity index (χ1) is 14.8. The van der Waals surface area contributed by atoms with Crippen LogP contribution in [0.15, 0.2) is 29.2 Å². The number of nitrogens with zero attached hydrogens (tertiary/aromatic N) is 2. The first-order valence-electron chi connectivity index (χ1n) is 9.55. The van der Waals surface area contributed by atoms with Gasteiger partial charge in [0.2, 0.25) is 10.0 Å². The fraction of sp³-hybridized carbons (Fsp3) is 0.350. The second-order valence-corrected chi connectivity index (χ2v) is 9.68. The number of thiophene rings is 1. The zero-order valence-electron chi connectivity index (χ0n) is 16.8. The molecule has 0 spiro atoms. The molecule has 0 radical (unpaired) electrons. The summed E-state index contributed by atoms with van der Waals surface area (Å²) in [5.74, 6) is -1.38. The third-order valence-corrected chi connectivity index (χ3v) is 7.70. The van der Waals surface area contributed by atoms with Gasteiger partial charge >= 0.3 is 11.9 Å². The van der Waals surface area contributed by atoms with Crippen LogP contribution in [-0.4, -0.2) is 44.4 Å². The van der Waals surface area contributed by atoms with Crippen LogP contribution in [0.4, 0.5) is 5.00 Å². The molecule has 2 aromatic rings. The number of hydrogen-bond acceptors (Lipinski definition) is 9. The Hall–Kier alpha value is -2.94. The van der Waals surface area contributed by atoms with Crippen LogP contribution in [0.2, 0.25) is 0 Å². The number of nitrogen functional groups attached to an aromatic ring is 1. The molecule has 3 rings (SSSR count). The zero-order chi connectivity index (χ0) is 22.6. The van der Waals surface area contributed by atoms with E-state index in [4.69, 9.17) is 15.2 Å². The van der Waals surface area contributed by atoms with E-state index in [1.165, 1.54) is 28.6 Å². The molecular weight excluding hydrogens is 442 g/mol. The molecule has 9 nitrogen and oxygen atoms in total. The van der Waals surface area contributed by atoms with E-state index < -0.39 is 22.0 Å². The molecule has 1 aromatic heterocycles. The fourth-order valence-corrected chi connectivity index (χ4v) is 5.60. The highest BCUT2D eigenvalue weighted by Gasteiger charge is 2.27. The molecule has 1 aliphatic heterocycles. The summed E-state index contributed by atoms with van der Waals surface area (Å²) in [5.41, 5.74) is 6.19. The molecule has 2 N–H and O–H groups in total. The predicted molar refractivity (Wildman–Crippen MR) is 113 cm³/mol. The maximum absolute atomic E-state index is 12.6. The number of carbonyl (C=O) groups excluding carboxylic acids is 2. The van der Waals surface area contributed by atoms with Crippen molar-refractivity contribution in [1.29, 1.82) is 5.26 Å². The Kier molecular flexibility index (Phi) is 6.94. The molecule has 1 saturated heterocycles. The van der Waals surface area contributed by atoms with Gasteiger partial charge in [0.05, 0.1) is 22.6 Å². The number of hydrogen-bond donors (Lipinski definition) is 1. The molecule has 0 aliphatic carbocycles. The van der Waals surface area contributed by atoms with E-state index in [0.717, 1.165) is 24.2 Å². The van der Waals surface area contributed by atoms with Crippen molar-refractivity contribution in [3.63, 3.8) is 0 Å². The topological polar surface area (TPSA) is 140 Å². The Bertz CT molecular complexity index is 1130. The van der Waals surface area contributed by atoms with Crippen LogP contribution in [0.3, 0.4) is 0 Å². The Labute approximate surface area is 184 Å². The van der Waals surface area contributed by atoms with E-state index in [1.807, 2.05) is 6.07 Å². The van der Waals surface area contributed by atoms with Crippen LogP contribution in [0.5, 0.6) is 0 Å². The van der Waals surface area contributed by atoms with Gasteiger partial charge in [-0.05, 0) is 44.0 Å². The fourth-order valence-electron chi connectivity index (χ4n) is 3.17. The number of nitriles is 1. The number of anilines is 1. The summed E-state index contributed by atoms with van der Waals surface area (Å²) >= 11 is 0.896. The van der Waals surface area contributed by atoms with Gasteiger partial charge < -0.3 is 15.2 Å². The summed E-state index contributed by atoms with van der Waals surface area (Å²) in [4.78, 5) is 24.8. The van der Waals surface area contributed by atoms with Crippen LogP contribution < -0.4 is 5.73 Å². The average Bonchev–Trinajstić information content (AvgIpc) is 3.40. The predicted octanol–water partition coefficient (Wildman–Crippen LogP) is 2.52. The Morgan fingerprint density at radius 3 is 2.39 bits per heavy atom. The van der Waals surface area contributed by atoms with Gasteiger partial charge in [-0.2, -0.15) is 9.57 Å². The van der Waals surface area contributed by atoms with Crippen LogP contribution in [0.25, 0.3) is 0 Å². The quantitative estimate of drug-likeness (QED) is 0.618. The van der Waals surface area contributed by atoms with Crippen molar-refractivity contribution in [2.45, 2.75) is 31.3 Å². The van der Waals surface area contributed by atoms with Crippen molar-refractivity contribution >= 4 is 38.3 Å². The van der Waals surface area contributed by atoms with E-state index in [-0.39, 0.29) is 44.7 Å². The van der Waals surface area contributed by atoms with Crippen LogP contribution >= 0.6 is 11.3 Å². The minimum absolute atomic E-state index is 0.0629. The van der Waals surface area contributed by atoms with Gasteiger partial charge in [-0.15, -0.1) is 11.3 Å². The monoisotopic (exact) mass is 463 g/mol. The maximum atomic E-state index is 12.6. The lowest BCUT2D eigenvalue weighted by atomic mass is 10.1. The number of rotatable bonds is 7. The Morgan fingerprint density at radius 2 is 1.81 bits per heavy atom. The molecule has 31 heavy (non-hydrogen) atoms. The molecule has 0 atom stereocenters. The lowest BCUT2D eigenvalue weighted by Crippen LogP contribution is -2.27. The molecule has 2 heterocycles. The highest BCUT2D eigenvalue weighted by molar-refractivity contribution is 7.89. The first kappa shape index (κ1) is 22.7. The summed E-state index contributed by atoms with van der Waals surface area (Å²) < 4.78 is 36.8.